The van der Waals surface area contributed by atoms with Gasteiger partial charge in [-0.3, -0.25) is 16.0 Å². The summed E-state index contributed by atoms with van der Waals surface area (Å²) in [5.41, 5.74) is 4.59. The Hall–Kier alpha value is -1.14. The van der Waals surface area contributed by atoms with Crippen molar-refractivity contribution in [3.63, 3.8) is 0 Å². The van der Waals surface area contributed by atoms with Gasteiger partial charge in [-0.1, -0.05) is 35.3 Å². The molecule has 1 aromatic carbocycles. The van der Waals surface area contributed by atoms with E-state index < -0.39 is 11.9 Å². The summed E-state index contributed by atoms with van der Waals surface area (Å²) in [6, 6.07) is 4.40. The van der Waals surface area contributed by atoms with E-state index in [9.17, 15) is 4.39 Å². The molecule has 0 aliphatic rings. The zero-order valence-electron chi connectivity index (χ0n) is 11.8. The van der Waals surface area contributed by atoms with Crippen molar-refractivity contribution in [1.82, 2.24) is 15.2 Å². The lowest BCUT2D eigenvalue weighted by Gasteiger charge is -2.18. The van der Waals surface area contributed by atoms with Gasteiger partial charge in [-0.15, -0.1) is 0 Å². The summed E-state index contributed by atoms with van der Waals surface area (Å²) in [6.45, 7) is 4.48. The number of halogens is 3. The maximum Gasteiger partial charge on any atom is 0.146 e. The number of hydrogen-bond acceptors (Lipinski definition) is 3. The average Bonchev–Trinajstić information content (AvgIpc) is 2.75. The van der Waals surface area contributed by atoms with Crippen molar-refractivity contribution in [2.24, 2.45) is 5.84 Å². The molecular formula is C14H17Cl2FN4. The number of aromatic nitrogens is 2. The van der Waals surface area contributed by atoms with Crippen LogP contribution < -0.4 is 11.3 Å². The minimum absolute atomic E-state index is 0.0685. The molecule has 114 valence electrons. The topological polar surface area (TPSA) is 55.9 Å². The first-order valence-electron chi connectivity index (χ1n) is 6.61. The molecule has 0 saturated carbocycles. The van der Waals surface area contributed by atoms with Crippen molar-refractivity contribution >= 4 is 23.2 Å². The molecule has 0 aliphatic carbocycles. The lowest BCUT2D eigenvalue weighted by atomic mass is 10.0. The molecule has 0 aliphatic heterocycles. The number of nitrogens with two attached hydrogens (primary N) is 1. The Bertz CT molecular complexity index is 642. The Morgan fingerprint density at radius 2 is 2.14 bits per heavy atom. The highest BCUT2D eigenvalue weighted by Crippen LogP contribution is 2.29. The SMILES string of the molecule is CCn1nc(C)c(Cl)c1CC(NN)c1cccc(Cl)c1F. The summed E-state index contributed by atoms with van der Waals surface area (Å²) in [6.07, 6.45) is 0.418. The first-order valence-corrected chi connectivity index (χ1v) is 7.37. The molecule has 4 nitrogen and oxygen atoms in total. The van der Waals surface area contributed by atoms with Crippen molar-refractivity contribution in [3.05, 3.63) is 51.0 Å². The molecule has 7 heteroatoms. The fourth-order valence-electron chi connectivity index (χ4n) is 2.31. The smallest absolute Gasteiger partial charge is 0.146 e. The van der Waals surface area contributed by atoms with Gasteiger partial charge in [0.1, 0.15) is 5.82 Å². The third-order valence-electron chi connectivity index (χ3n) is 3.41. The molecule has 1 heterocycles. The molecule has 0 spiro atoms. The Kier molecular flexibility index (Phi) is 5.22. The first kappa shape index (κ1) is 16.2. The molecule has 3 N–H and O–H groups in total. The maximum atomic E-state index is 14.1. The highest BCUT2D eigenvalue weighted by molar-refractivity contribution is 6.32. The lowest BCUT2D eigenvalue weighted by molar-refractivity contribution is 0.490. The fourth-order valence-corrected chi connectivity index (χ4v) is 2.70. The van der Waals surface area contributed by atoms with Crippen LogP contribution in [0.3, 0.4) is 0 Å². The van der Waals surface area contributed by atoms with Gasteiger partial charge in [0.05, 0.1) is 27.5 Å². The second kappa shape index (κ2) is 6.75. The van der Waals surface area contributed by atoms with Crippen LogP contribution in [0.15, 0.2) is 18.2 Å². The fraction of sp³-hybridized carbons (Fsp3) is 0.357. The predicted octanol–water partition coefficient (Wildman–Crippen LogP) is 3.40. The molecule has 2 aromatic rings. The number of benzene rings is 1. The van der Waals surface area contributed by atoms with E-state index in [1.54, 1.807) is 16.8 Å². The quantitative estimate of drug-likeness (QED) is 0.652. The van der Waals surface area contributed by atoms with Crippen LogP contribution in [-0.4, -0.2) is 9.78 Å². The van der Waals surface area contributed by atoms with Crippen molar-refractivity contribution in [1.29, 1.82) is 0 Å². The second-order valence-electron chi connectivity index (χ2n) is 4.73. The molecule has 21 heavy (non-hydrogen) atoms. The summed E-state index contributed by atoms with van der Waals surface area (Å²) in [5, 5.41) is 5.00. The molecule has 1 atom stereocenters. The van der Waals surface area contributed by atoms with Gasteiger partial charge in [0, 0.05) is 18.5 Å². The largest absolute Gasteiger partial charge is 0.271 e. The van der Waals surface area contributed by atoms with E-state index in [1.165, 1.54) is 6.07 Å². The predicted molar refractivity (Wildman–Crippen MR) is 82.8 cm³/mol. The maximum absolute atomic E-state index is 14.1. The molecule has 0 fully saturated rings. The second-order valence-corrected chi connectivity index (χ2v) is 5.51. The normalized spacial score (nSPS) is 12.7. The lowest BCUT2D eigenvalue weighted by Crippen LogP contribution is -2.31. The van der Waals surface area contributed by atoms with Crippen LogP contribution in [-0.2, 0) is 13.0 Å². The Morgan fingerprint density at radius 1 is 1.43 bits per heavy atom. The molecular weight excluding hydrogens is 314 g/mol. The van der Waals surface area contributed by atoms with Crippen LogP contribution in [0.25, 0.3) is 0 Å². The van der Waals surface area contributed by atoms with Gasteiger partial charge < -0.3 is 0 Å². The number of rotatable bonds is 5. The van der Waals surface area contributed by atoms with Gasteiger partial charge in [-0.25, -0.2) is 4.39 Å². The minimum Gasteiger partial charge on any atom is -0.271 e. The van der Waals surface area contributed by atoms with Crippen LogP contribution in [0.2, 0.25) is 10.0 Å². The van der Waals surface area contributed by atoms with Crippen molar-refractivity contribution in [3.8, 4) is 0 Å². The van der Waals surface area contributed by atoms with Crippen molar-refractivity contribution < 1.29 is 4.39 Å². The van der Waals surface area contributed by atoms with Crippen molar-refractivity contribution in [2.45, 2.75) is 32.9 Å². The summed E-state index contributed by atoms with van der Waals surface area (Å²) in [7, 11) is 0. The Labute approximate surface area is 133 Å². The number of nitrogens with one attached hydrogen (secondary N) is 1. The van der Waals surface area contributed by atoms with E-state index in [-0.39, 0.29) is 5.02 Å². The van der Waals surface area contributed by atoms with E-state index in [2.05, 4.69) is 10.5 Å². The number of hydrogen-bond donors (Lipinski definition) is 2. The minimum atomic E-state index is -0.475. The monoisotopic (exact) mass is 330 g/mol. The van der Waals surface area contributed by atoms with Crippen LogP contribution >= 0.6 is 23.2 Å². The third kappa shape index (κ3) is 3.21. The Morgan fingerprint density at radius 3 is 2.76 bits per heavy atom. The van der Waals surface area contributed by atoms with Crippen LogP contribution in [0.4, 0.5) is 4.39 Å². The van der Waals surface area contributed by atoms with E-state index in [0.29, 0.717) is 23.6 Å². The van der Waals surface area contributed by atoms with E-state index in [4.69, 9.17) is 29.0 Å². The zero-order chi connectivity index (χ0) is 15.6. The number of hydrazine groups is 1. The van der Waals surface area contributed by atoms with Gasteiger partial charge >= 0.3 is 0 Å². The number of aryl methyl sites for hydroxylation is 2. The number of nitrogens with zero attached hydrogens (tertiary/aromatic N) is 2. The van der Waals surface area contributed by atoms with E-state index >= 15 is 0 Å². The molecule has 1 unspecified atom stereocenters. The molecule has 1 aromatic heterocycles. The van der Waals surface area contributed by atoms with Crippen molar-refractivity contribution in [2.75, 3.05) is 0 Å². The highest BCUT2D eigenvalue weighted by Gasteiger charge is 2.21. The zero-order valence-corrected chi connectivity index (χ0v) is 13.3. The summed E-state index contributed by atoms with van der Waals surface area (Å²) in [4.78, 5) is 0. The van der Waals surface area contributed by atoms with Gasteiger partial charge in [0.2, 0.25) is 0 Å². The summed E-state index contributed by atoms with van der Waals surface area (Å²) in [5.74, 6) is 5.11. The van der Waals surface area contributed by atoms with Gasteiger partial charge in [0.25, 0.3) is 0 Å². The van der Waals surface area contributed by atoms with Crippen LogP contribution in [0, 0.1) is 12.7 Å². The molecule has 0 radical (unpaired) electrons. The van der Waals surface area contributed by atoms with Gasteiger partial charge in [-0.05, 0) is 19.9 Å². The summed E-state index contributed by atoms with van der Waals surface area (Å²) >= 11 is 12.1. The Balaban J connectivity index is 2.38. The molecule has 0 bridgehead atoms. The standard InChI is InChI=1S/C14H17Cl2FN4/c1-3-21-12(13(16)8(2)20-21)7-11(19-18)9-5-4-6-10(15)14(9)17/h4-6,11,19H,3,7,18H2,1-2H3. The summed E-state index contributed by atoms with van der Waals surface area (Å²) < 4.78 is 15.9. The highest BCUT2D eigenvalue weighted by atomic mass is 35.5. The van der Waals surface area contributed by atoms with E-state index in [1.807, 2.05) is 13.8 Å². The molecule has 0 saturated heterocycles. The third-order valence-corrected chi connectivity index (χ3v) is 4.19. The average molecular weight is 331 g/mol. The van der Waals surface area contributed by atoms with Crippen LogP contribution in [0.5, 0.6) is 0 Å². The van der Waals surface area contributed by atoms with E-state index in [0.717, 1.165) is 11.4 Å². The first-order chi connectivity index (χ1) is 9.99. The molecule has 2 rings (SSSR count). The van der Waals surface area contributed by atoms with Gasteiger partial charge in [-0.2, -0.15) is 5.10 Å². The molecule has 0 amide bonds. The van der Waals surface area contributed by atoms with Crippen LogP contribution in [0.1, 0.15) is 29.9 Å². The van der Waals surface area contributed by atoms with Gasteiger partial charge in [0.15, 0.2) is 0 Å².